The van der Waals surface area contributed by atoms with Crippen molar-refractivity contribution in [1.82, 2.24) is 4.98 Å². The lowest BCUT2D eigenvalue weighted by molar-refractivity contribution is -0.140. The highest BCUT2D eigenvalue weighted by molar-refractivity contribution is 7.98. The maximum absolute atomic E-state index is 10.8. The number of aromatic carboxylic acids is 1. The summed E-state index contributed by atoms with van der Waals surface area (Å²) in [6, 6.07) is 0. The average molecular weight is 261 g/mol. The first-order valence-electron chi connectivity index (χ1n) is 4.45. The summed E-state index contributed by atoms with van der Waals surface area (Å²) in [7, 11) is 1.35. The van der Waals surface area contributed by atoms with Crippen LogP contribution in [-0.4, -0.2) is 34.9 Å². The van der Waals surface area contributed by atoms with Crippen LogP contribution < -0.4 is 0 Å². The summed E-state index contributed by atoms with van der Waals surface area (Å²) >= 11 is 2.64. The largest absolute Gasteiger partial charge is 0.476 e. The molecule has 1 aromatic rings. The molecule has 0 saturated heterocycles. The molecule has 88 valence electrons. The predicted octanol–water partition coefficient (Wildman–Crippen LogP) is 1.64. The minimum atomic E-state index is -1.00. The fourth-order valence-electron chi connectivity index (χ4n) is 0.906. The number of esters is 1. The van der Waals surface area contributed by atoms with Gasteiger partial charge in [-0.05, 0) is 0 Å². The number of ether oxygens (including phenoxy) is 1. The smallest absolute Gasteiger partial charge is 0.365 e. The maximum Gasteiger partial charge on any atom is 0.365 e. The molecule has 5 nitrogen and oxygen atoms in total. The van der Waals surface area contributed by atoms with E-state index >= 15 is 0 Å². The van der Waals surface area contributed by atoms with E-state index in [1.54, 1.807) is 5.38 Å². The average Bonchev–Trinajstić information content (AvgIpc) is 2.72. The maximum atomic E-state index is 10.8. The molecule has 0 saturated carbocycles. The standard InChI is InChI=1S/C9H11NO4S2/c1-14-7(11)2-3-15-4-6-5-16-8(10-6)9(12)13/h5H,2-4H2,1H3,(H,12,13). The van der Waals surface area contributed by atoms with Crippen LogP contribution in [0.1, 0.15) is 21.9 Å². The normalized spacial score (nSPS) is 10.1. The molecule has 0 amide bonds. The second-order valence-electron chi connectivity index (χ2n) is 2.83. The predicted molar refractivity (Wildman–Crippen MR) is 61.9 cm³/mol. The fourth-order valence-corrected chi connectivity index (χ4v) is 2.48. The van der Waals surface area contributed by atoms with Gasteiger partial charge in [0.15, 0.2) is 0 Å². The second-order valence-corrected chi connectivity index (χ2v) is 4.79. The van der Waals surface area contributed by atoms with E-state index in [2.05, 4.69) is 9.72 Å². The lowest BCUT2D eigenvalue weighted by atomic mass is 10.5. The first kappa shape index (κ1) is 13.0. The molecule has 1 aromatic heterocycles. The monoisotopic (exact) mass is 261 g/mol. The van der Waals surface area contributed by atoms with E-state index in [9.17, 15) is 9.59 Å². The van der Waals surface area contributed by atoms with Gasteiger partial charge in [-0.15, -0.1) is 11.3 Å². The number of hydrogen-bond acceptors (Lipinski definition) is 6. The molecule has 0 fully saturated rings. The van der Waals surface area contributed by atoms with Crippen LogP contribution in [0.5, 0.6) is 0 Å². The second kappa shape index (κ2) is 6.49. The quantitative estimate of drug-likeness (QED) is 0.619. The van der Waals surface area contributed by atoms with Crippen LogP contribution in [-0.2, 0) is 15.3 Å². The minimum absolute atomic E-state index is 0.101. The van der Waals surface area contributed by atoms with Crippen molar-refractivity contribution < 1.29 is 19.4 Å². The Labute approximate surface area is 101 Å². The number of nitrogens with zero attached hydrogens (tertiary/aromatic N) is 1. The Morgan fingerprint density at radius 3 is 2.94 bits per heavy atom. The van der Waals surface area contributed by atoms with Crippen LogP contribution in [0.15, 0.2) is 5.38 Å². The van der Waals surface area contributed by atoms with E-state index < -0.39 is 5.97 Å². The summed E-state index contributed by atoms with van der Waals surface area (Å²) in [5.41, 5.74) is 0.734. The lowest BCUT2D eigenvalue weighted by Gasteiger charge is -1.98. The van der Waals surface area contributed by atoms with Crippen molar-refractivity contribution in [3.05, 3.63) is 16.1 Å². The van der Waals surface area contributed by atoms with Gasteiger partial charge in [0.25, 0.3) is 0 Å². The Morgan fingerprint density at radius 2 is 2.38 bits per heavy atom. The zero-order valence-electron chi connectivity index (χ0n) is 8.63. The Morgan fingerprint density at radius 1 is 1.62 bits per heavy atom. The third-order valence-corrected chi connectivity index (χ3v) is 3.53. The molecule has 0 atom stereocenters. The summed E-state index contributed by atoms with van der Waals surface area (Å²) in [6.45, 7) is 0. The van der Waals surface area contributed by atoms with Crippen molar-refractivity contribution in [2.24, 2.45) is 0 Å². The summed E-state index contributed by atoms with van der Waals surface area (Å²) < 4.78 is 4.49. The number of carboxylic acid groups (broad SMARTS) is 1. The number of methoxy groups -OCH3 is 1. The van der Waals surface area contributed by atoms with Crippen molar-refractivity contribution in [3.63, 3.8) is 0 Å². The van der Waals surface area contributed by atoms with Gasteiger partial charge in [0.1, 0.15) is 0 Å². The minimum Gasteiger partial charge on any atom is -0.476 e. The van der Waals surface area contributed by atoms with Gasteiger partial charge in [-0.2, -0.15) is 11.8 Å². The van der Waals surface area contributed by atoms with E-state index in [4.69, 9.17) is 5.11 Å². The van der Waals surface area contributed by atoms with Crippen LogP contribution in [0.4, 0.5) is 0 Å². The molecule has 16 heavy (non-hydrogen) atoms. The van der Waals surface area contributed by atoms with Gasteiger partial charge in [-0.25, -0.2) is 9.78 Å². The van der Waals surface area contributed by atoms with E-state index in [-0.39, 0.29) is 11.0 Å². The molecule has 0 aliphatic carbocycles. The van der Waals surface area contributed by atoms with Gasteiger partial charge >= 0.3 is 11.9 Å². The van der Waals surface area contributed by atoms with Crippen LogP contribution in [0.3, 0.4) is 0 Å². The van der Waals surface area contributed by atoms with Crippen molar-refractivity contribution in [2.45, 2.75) is 12.2 Å². The molecule has 0 aliphatic heterocycles. The molecule has 0 bridgehead atoms. The first-order chi connectivity index (χ1) is 7.63. The van der Waals surface area contributed by atoms with Gasteiger partial charge in [0, 0.05) is 16.9 Å². The van der Waals surface area contributed by atoms with Crippen LogP contribution >= 0.6 is 23.1 Å². The van der Waals surface area contributed by atoms with Gasteiger partial charge in [0.2, 0.25) is 5.01 Å². The molecule has 1 N–H and O–H groups in total. The molecular weight excluding hydrogens is 250 g/mol. The molecule has 0 spiro atoms. The van der Waals surface area contributed by atoms with Gasteiger partial charge in [-0.3, -0.25) is 4.79 Å². The number of carbonyl (C=O) groups excluding carboxylic acids is 1. The Bertz CT molecular complexity index is 377. The zero-order chi connectivity index (χ0) is 12.0. The van der Waals surface area contributed by atoms with Crippen molar-refractivity contribution in [3.8, 4) is 0 Å². The third-order valence-electron chi connectivity index (χ3n) is 1.66. The summed E-state index contributed by atoms with van der Waals surface area (Å²) in [5, 5.41) is 10.5. The van der Waals surface area contributed by atoms with Gasteiger partial charge < -0.3 is 9.84 Å². The number of hydrogen-bond donors (Lipinski definition) is 1. The van der Waals surface area contributed by atoms with Gasteiger partial charge in [-0.1, -0.05) is 0 Å². The first-order valence-corrected chi connectivity index (χ1v) is 6.49. The Hall–Kier alpha value is -1.08. The van der Waals surface area contributed by atoms with E-state index in [0.717, 1.165) is 17.0 Å². The molecular formula is C9H11NO4S2. The summed E-state index contributed by atoms with van der Waals surface area (Å²) in [6.07, 6.45) is 0.358. The number of carboxylic acids is 1. The molecule has 0 radical (unpaired) electrons. The SMILES string of the molecule is COC(=O)CCSCc1csc(C(=O)O)n1. The van der Waals surface area contributed by atoms with Crippen LogP contribution in [0.25, 0.3) is 0 Å². The molecule has 0 aromatic carbocycles. The van der Waals surface area contributed by atoms with Crippen molar-refractivity contribution in [1.29, 1.82) is 0 Å². The molecule has 0 unspecified atom stereocenters. The number of aromatic nitrogens is 1. The molecule has 7 heteroatoms. The number of carbonyl (C=O) groups is 2. The van der Waals surface area contributed by atoms with E-state index in [0.29, 0.717) is 17.9 Å². The zero-order valence-corrected chi connectivity index (χ0v) is 10.3. The van der Waals surface area contributed by atoms with Crippen molar-refractivity contribution >= 4 is 35.0 Å². The fraction of sp³-hybridized carbons (Fsp3) is 0.444. The third kappa shape index (κ3) is 4.19. The number of rotatable bonds is 6. The highest BCUT2D eigenvalue weighted by atomic mass is 32.2. The van der Waals surface area contributed by atoms with Crippen LogP contribution in [0.2, 0.25) is 0 Å². The van der Waals surface area contributed by atoms with Crippen LogP contribution in [0, 0.1) is 0 Å². The molecule has 1 rings (SSSR count). The highest BCUT2D eigenvalue weighted by Crippen LogP contribution is 2.16. The topological polar surface area (TPSA) is 76.5 Å². The van der Waals surface area contributed by atoms with E-state index in [1.165, 1.54) is 18.9 Å². The van der Waals surface area contributed by atoms with Gasteiger partial charge in [0.05, 0.1) is 19.2 Å². The highest BCUT2D eigenvalue weighted by Gasteiger charge is 2.08. The van der Waals surface area contributed by atoms with E-state index in [1.807, 2.05) is 0 Å². The number of thiazole rings is 1. The molecule has 0 aliphatic rings. The number of thioether (sulfide) groups is 1. The summed E-state index contributed by atoms with van der Waals surface area (Å²) in [4.78, 5) is 25.3. The summed E-state index contributed by atoms with van der Waals surface area (Å²) in [5.74, 6) is 0.0146. The van der Waals surface area contributed by atoms with Crippen molar-refractivity contribution in [2.75, 3.05) is 12.9 Å². The lowest BCUT2D eigenvalue weighted by Crippen LogP contribution is -2.01. The Balaban J connectivity index is 2.27. The Kier molecular flexibility index (Phi) is 5.27. The molecule has 1 heterocycles.